The van der Waals surface area contributed by atoms with Crippen LogP contribution in [0.5, 0.6) is 0 Å². The monoisotopic (exact) mass is 672 g/mol. The van der Waals surface area contributed by atoms with E-state index in [1.807, 2.05) is 72.3 Å². The molecule has 242 valence electrons. The summed E-state index contributed by atoms with van der Waals surface area (Å²) in [6.07, 6.45) is 11.2. The fourth-order valence-corrected chi connectivity index (χ4v) is 8.26. The molecule has 0 spiro atoms. The second kappa shape index (κ2) is 12.7. The summed E-state index contributed by atoms with van der Waals surface area (Å²) >= 11 is 1.82. The van der Waals surface area contributed by atoms with Crippen molar-refractivity contribution in [3.63, 3.8) is 0 Å². The van der Waals surface area contributed by atoms with Crippen molar-refractivity contribution in [3.05, 3.63) is 182 Å². The molecule has 5 heteroatoms. The summed E-state index contributed by atoms with van der Waals surface area (Å²) in [6.45, 7) is 3.76. The number of para-hydroxylation sites is 1. The van der Waals surface area contributed by atoms with E-state index in [4.69, 9.17) is 15.7 Å². The second-order valence-corrected chi connectivity index (χ2v) is 13.6. The van der Waals surface area contributed by atoms with E-state index in [2.05, 4.69) is 114 Å². The van der Waals surface area contributed by atoms with Crippen molar-refractivity contribution in [3.8, 4) is 39.3 Å². The Morgan fingerprint density at radius 3 is 2.08 bits per heavy atom. The minimum Gasteiger partial charge on any atom is -0.398 e. The summed E-state index contributed by atoms with van der Waals surface area (Å²) in [5, 5.41) is 4.84. The van der Waals surface area contributed by atoms with Crippen molar-refractivity contribution < 1.29 is 0 Å². The molecule has 4 nitrogen and oxygen atoms in total. The summed E-state index contributed by atoms with van der Waals surface area (Å²) < 4.78 is 4.85. The van der Waals surface area contributed by atoms with Crippen LogP contribution in [0.1, 0.15) is 5.56 Å². The number of aromatic nitrogens is 3. The van der Waals surface area contributed by atoms with Crippen molar-refractivity contribution >= 4 is 59.0 Å². The van der Waals surface area contributed by atoms with Crippen molar-refractivity contribution in [2.45, 2.75) is 0 Å². The van der Waals surface area contributed by atoms with Crippen molar-refractivity contribution in [2.24, 2.45) is 5.73 Å². The largest absolute Gasteiger partial charge is 0.398 e. The third-order valence-electron chi connectivity index (χ3n) is 9.48. The summed E-state index contributed by atoms with van der Waals surface area (Å²) in [5.74, 6) is 0. The molecule has 9 aromatic rings. The van der Waals surface area contributed by atoms with E-state index in [0.717, 1.165) is 55.9 Å². The average Bonchev–Trinajstić information content (AvgIpc) is 3.72. The Labute approximate surface area is 299 Å². The third-order valence-corrected chi connectivity index (χ3v) is 10.6. The number of thiophene rings is 1. The fraction of sp³-hybridized carbons (Fsp3) is 0. The Balaban J connectivity index is 1.23. The molecule has 0 radical (unpaired) electrons. The van der Waals surface area contributed by atoms with Gasteiger partial charge in [0.25, 0.3) is 0 Å². The molecule has 0 aliphatic heterocycles. The highest BCUT2D eigenvalue weighted by Crippen LogP contribution is 2.43. The van der Waals surface area contributed by atoms with Gasteiger partial charge in [0.1, 0.15) is 0 Å². The van der Waals surface area contributed by atoms with Crippen LogP contribution in [0.3, 0.4) is 0 Å². The Morgan fingerprint density at radius 1 is 0.588 bits per heavy atom. The number of benzene rings is 5. The van der Waals surface area contributed by atoms with Gasteiger partial charge in [0, 0.05) is 71.4 Å². The molecule has 9 rings (SSSR count). The van der Waals surface area contributed by atoms with Crippen molar-refractivity contribution in [1.82, 2.24) is 14.5 Å². The molecular formula is C46H32N4S. The van der Waals surface area contributed by atoms with E-state index >= 15 is 0 Å². The number of hydrogen-bond acceptors (Lipinski definition) is 4. The summed E-state index contributed by atoms with van der Waals surface area (Å²) in [7, 11) is 0. The van der Waals surface area contributed by atoms with Crippen LogP contribution < -0.4 is 5.73 Å². The van der Waals surface area contributed by atoms with Gasteiger partial charge in [-0.25, -0.2) is 0 Å². The molecule has 0 saturated heterocycles. The molecule has 0 bridgehead atoms. The molecule has 4 heterocycles. The molecular weight excluding hydrogens is 641 g/mol. The lowest BCUT2D eigenvalue weighted by Crippen LogP contribution is -1.98. The molecule has 51 heavy (non-hydrogen) atoms. The molecule has 0 saturated carbocycles. The number of rotatable bonds is 7. The van der Waals surface area contributed by atoms with Crippen LogP contribution in [0.15, 0.2) is 177 Å². The van der Waals surface area contributed by atoms with Crippen LogP contribution >= 0.6 is 11.3 Å². The van der Waals surface area contributed by atoms with Gasteiger partial charge >= 0.3 is 0 Å². The highest BCUT2D eigenvalue weighted by molar-refractivity contribution is 7.25. The van der Waals surface area contributed by atoms with E-state index in [-0.39, 0.29) is 0 Å². The van der Waals surface area contributed by atoms with E-state index in [1.165, 1.54) is 30.9 Å². The van der Waals surface area contributed by atoms with E-state index < -0.39 is 0 Å². The molecule has 0 amide bonds. The minimum absolute atomic E-state index is 0.709. The van der Waals surface area contributed by atoms with Gasteiger partial charge in [0.15, 0.2) is 0 Å². The smallest absolute Gasteiger partial charge is 0.0709 e. The summed E-state index contributed by atoms with van der Waals surface area (Å²) in [6, 6.07) is 47.3. The van der Waals surface area contributed by atoms with Gasteiger partial charge in [0.05, 0.1) is 22.4 Å². The first-order chi connectivity index (χ1) is 25.2. The minimum atomic E-state index is 0.709. The van der Waals surface area contributed by atoms with E-state index in [1.54, 1.807) is 6.08 Å². The van der Waals surface area contributed by atoms with E-state index in [9.17, 15) is 0 Å². The number of nitrogens with two attached hydrogens (primary N) is 1. The SMILES string of the molecule is C=C/C=C\C=C(/N)c1ccccc1-c1ccc2c(c1)c1ccccc1n2-c1ccc2sc3cc(-c4ccccn4)c(-c4ccccn4)cc3c2c1. The number of fused-ring (bicyclic) bond motifs is 6. The molecule has 0 fully saturated rings. The first-order valence-electron chi connectivity index (χ1n) is 16.9. The van der Waals surface area contributed by atoms with Gasteiger partial charge in [-0.05, 0) is 90.0 Å². The van der Waals surface area contributed by atoms with Crippen LogP contribution in [0.4, 0.5) is 0 Å². The van der Waals surface area contributed by atoms with Crippen LogP contribution in [-0.4, -0.2) is 14.5 Å². The molecule has 2 N–H and O–H groups in total. The van der Waals surface area contributed by atoms with Crippen LogP contribution in [0.25, 0.3) is 87.0 Å². The maximum atomic E-state index is 6.58. The number of allylic oxidation sites excluding steroid dienone is 4. The normalized spacial score (nSPS) is 12.1. The third kappa shape index (κ3) is 5.32. The van der Waals surface area contributed by atoms with Crippen molar-refractivity contribution in [1.29, 1.82) is 0 Å². The van der Waals surface area contributed by atoms with Gasteiger partial charge in [-0.15, -0.1) is 11.3 Å². The van der Waals surface area contributed by atoms with E-state index in [0.29, 0.717) is 5.70 Å². The predicted molar refractivity (Wildman–Crippen MR) is 217 cm³/mol. The van der Waals surface area contributed by atoms with Crippen LogP contribution in [0, 0.1) is 0 Å². The number of pyridine rings is 2. The van der Waals surface area contributed by atoms with Gasteiger partial charge in [0.2, 0.25) is 0 Å². The molecule has 0 aliphatic carbocycles. The zero-order chi connectivity index (χ0) is 34.3. The predicted octanol–water partition coefficient (Wildman–Crippen LogP) is 12.0. The van der Waals surface area contributed by atoms with Gasteiger partial charge < -0.3 is 10.3 Å². The molecule has 0 atom stereocenters. The molecule has 5 aromatic carbocycles. The second-order valence-electron chi connectivity index (χ2n) is 12.5. The average molecular weight is 673 g/mol. The Morgan fingerprint density at radius 2 is 1.29 bits per heavy atom. The first kappa shape index (κ1) is 30.5. The quantitative estimate of drug-likeness (QED) is 0.171. The molecule has 4 aromatic heterocycles. The first-order valence-corrected chi connectivity index (χ1v) is 17.7. The lowest BCUT2D eigenvalue weighted by molar-refractivity contribution is 1.19. The standard InChI is InChI=1S/C46H32N4S/c1-2-3-4-16-40(47)33-14-6-5-13-32(33)30-20-22-44-37(26-30)34-15-7-8-19-43(34)50(44)31-21-23-45-38(27-31)39-28-35(41-17-9-11-24-48-41)36(29-46(39)51-45)42-18-10-12-25-49-42/h2-29H,1,47H2/b4-3-,40-16-. The fourth-order valence-electron chi connectivity index (χ4n) is 7.15. The Bertz CT molecular complexity index is 2820. The molecule has 0 aliphatic rings. The van der Waals surface area contributed by atoms with Crippen LogP contribution in [-0.2, 0) is 0 Å². The topological polar surface area (TPSA) is 56.7 Å². The van der Waals surface area contributed by atoms with Gasteiger partial charge in [-0.1, -0.05) is 85.5 Å². The Hall–Kier alpha value is -6.56. The lowest BCUT2D eigenvalue weighted by atomic mass is 9.96. The van der Waals surface area contributed by atoms with Crippen LogP contribution in [0.2, 0.25) is 0 Å². The zero-order valence-electron chi connectivity index (χ0n) is 27.7. The Kier molecular flexibility index (Phi) is 7.60. The molecule has 0 unspecified atom stereocenters. The highest BCUT2D eigenvalue weighted by Gasteiger charge is 2.18. The maximum absolute atomic E-state index is 6.58. The zero-order valence-corrected chi connectivity index (χ0v) is 28.5. The van der Waals surface area contributed by atoms with Gasteiger partial charge in [-0.3, -0.25) is 9.97 Å². The number of nitrogens with zero attached hydrogens (tertiary/aromatic N) is 3. The van der Waals surface area contributed by atoms with Crippen molar-refractivity contribution in [2.75, 3.05) is 0 Å². The maximum Gasteiger partial charge on any atom is 0.0709 e. The summed E-state index contributed by atoms with van der Waals surface area (Å²) in [4.78, 5) is 9.46. The lowest BCUT2D eigenvalue weighted by Gasteiger charge is -2.12. The number of hydrogen-bond donors (Lipinski definition) is 1. The van der Waals surface area contributed by atoms with Gasteiger partial charge in [-0.2, -0.15) is 0 Å². The summed E-state index contributed by atoms with van der Waals surface area (Å²) in [5.41, 5.74) is 18.0. The highest BCUT2D eigenvalue weighted by atomic mass is 32.1.